The number of nitrogens with two attached hydrogens (primary N) is 1. The lowest BCUT2D eigenvalue weighted by Gasteiger charge is -2.07. The molecule has 0 unspecified atom stereocenters. The summed E-state index contributed by atoms with van der Waals surface area (Å²) in [5.74, 6) is 0.345. The van der Waals surface area contributed by atoms with E-state index in [9.17, 15) is 4.79 Å². The van der Waals surface area contributed by atoms with Gasteiger partial charge in [0.05, 0.1) is 6.54 Å². The molecule has 0 bridgehead atoms. The predicted octanol–water partition coefficient (Wildman–Crippen LogP) is 2.51. The average Bonchev–Trinajstić information content (AvgIpc) is 2.45. The molecule has 1 rings (SSSR count). The number of carbonyl (C=O) groups excluding carboxylic acids is 1. The molecule has 0 heterocycles. The summed E-state index contributed by atoms with van der Waals surface area (Å²) in [6.45, 7) is 5.22. The minimum Gasteiger partial charge on any atom is -0.370 e. The first-order chi connectivity index (χ1) is 9.65. The third-order valence-corrected chi connectivity index (χ3v) is 2.80. The average molecular weight is 404 g/mol. The molecule has 0 atom stereocenters. The van der Waals surface area contributed by atoms with Crippen LogP contribution in [0.4, 0.5) is 5.69 Å². The van der Waals surface area contributed by atoms with E-state index in [1.807, 2.05) is 25.1 Å². The van der Waals surface area contributed by atoms with E-state index in [4.69, 9.17) is 5.73 Å². The zero-order chi connectivity index (χ0) is 14.8. The van der Waals surface area contributed by atoms with Gasteiger partial charge in [0, 0.05) is 18.7 Å². The molecule has 4 N–H and O–H groups in total. The van der Waals surface area contributed by atoms with E-state index in [2.05, 4.69) is 28.6 Å². The van der Waals surface area contributed by atoms with Crippen LogP contribution in [0.25, 0.3) is 0 Å². The maximum absolute atomic E-state index is 11.4. The van der Waals surface area contributed by atoms with E-state index in [0.717, 1.165) is 18.5 Å². The topological polar surface area (TPSA) is 79.5 Å². The second-order valence-electron chi connectivity index (χ2n) is 4.55. The minimum absolute atomic E-state index is 0. The molecule has 0 aromatic heterocycles. The first-order valence-electron chi connectivity index (χ1n) is 7.08. The van der Waals surface area contributed by atoms with Gasteiger partial charge in [-0.15, -0.1) is 24.0 Å². The van der Waals surface area contributed by atoms with Gasteiger partial charge in [0.1, 0.15) is 0 Å². The van der Waals surface area contributed by atoms with E-state index in [1.165, 1.54) is 5.56 Å². The smallest absolute Gasteiger partial charge is 0.221 e. The van der Waals surface area contributed by atoms with Gasteiger partial charge in [-0.2, -0.15) is 0 Å². The van der Waals surface area contributed by atoms with Crippen LogP contribution in [0, 0.1) is 0 Å². The molecule has 0 radical (unpaired) electrons. The summed E-state index contributed by atoms with van der Waals surface area (Å²) >= 11 is 0. The fraction of sp³-hybridized carbons (Fsp3) is 0.467. The van der Waals surface area contributed by atoms with Crippen molar-refractivity contribution in [1.29, 1.82) is 0 Å². The monoisotopic (exact) mass is 404 g/mol. The van der Waals surface area contributed by atoms with Crippen molar-refractivity contribution in [2.24, 2.45) is 10.7 Å². The van der Waals surface area contributed by atoms with Gasteiger partial charge in [-0.3, -0.25) is 9.79 Å². The lowest BCUT2D eigenvalue weighted by atomic mass is 10.1. The Labute approximate surface area is 143 Å². The molecule has 0 fully saturated rings. The highest BCUT2D eigenvalue weighted by Crippen LogP contribution is 2.10. The highest BCUT2D eigenvalue weighted by Gasteiger charge is 2.00. The van der Waals surface area contributed by atoms with Crippen molar-refractivity contribution >= 4 is 41.5 Å². The molecule has 118 valence electrons. The molecule has 0 saturated carbocycles. The lowest BCUT2D eigenvalue weighted by molar-refractivity contribution is -0.120. The highest BCUT2D eigenvalue weighted by molar-refractivity contribution is 14.0. The summed E-state index contributed by atoms with van der Waals surface area (Å²) in [7, 11) is 0. The van der Waals surface area contributed by atoms with Crippen LogP contribution in [-0.2, 0) is 11.2 Å². The van der Waals surface area contributed by atoms with Crippen LogP contribution in [0.3, 0.4) is 0 Å². The summed E-state index contributed by atoms with van der Waals surface area (Å²) in [6.07, 6.45) is 2.27. The first-order valence-corrected chi connectivity index (χ1v) is 7.08. The maximum Gasteiger partial charge on any atom is 0.221 e. The number of benzene rings is 1. The number of rotatable bonds is 7. The van der Waals surface area contributed by atoms with Crippen molar-refractivity contribution in [1.82, 2.24) is 5.32 Å². The van der Waals surface area contributed by atoms with E-state index in [-0.39, 0.29) is 29.9 Å². The van der Waals surface area contributed by atoms with E-state index in [0.29, 0.717) is 25.5 Å². The number of aryl methyl sites for hydroxylation is 1. The predicted molar refractivity (Wildman–Crippen MR) is 99.3 cm³/mol. The third-order valence-electron chi connectivity index (χ3n) is 2.80. The van der Waals surface area contributed by atoms with Gasteiger partial charge >= 0.3 is 0 Å². The second-order valence-corrected chi connectivity index (χ2v) is 4.55. The van der Waals surface area contributed by atoms with E-state index < -0.39 is 0 Å². The Morgan fingerprint density at radius 3 is 2.76 bits per heavy atom. The number of aliphatic imine (C=N–C) groups is 1. The molecule has 1 aromatic rings. The summed E-state index contributed by atoms with van der Waals surface area (Å²) in [4.78, 5) is 15.5. The largest absolute Gasteiger partial charge is 0.370 e. The summed E-state index contributed by atoms with van der Waals surface area (Å²) < 4.78 is 0. The number of amides is 1. The van der Waals surface area contributed by atoms with Crippen LogP contribution < -0.4 is 16.4 Å². The van der Waals surface area contributed by atoms with Crippen molar-refractivity contribution in [3.05, 3.63) is 29.8 Å². The van der Waals surface area contributed by atoms with Crippen LogP contribution in [0.1, 0.15) is 32.3 Å². The Balaban J connectivity index is 0.00000400. The maximum atomic E-state index is 11.4. The normalized spacial score (nSPS) is 10.7. The number of nitrogens with zero attached hydrogens (tertiary/aromatic N) is 1. The van der Waals surface area contributed by atoms with Crippen molar-refractivity contribution in [2.45, 2.75) is 33.1 Å². The van der Waals surface area contributed by atoms with Gasteiger partial charge in [0.15, 0.2) is 5.96 Å². The van der Waals surface area contributed by atoms with Crippen LogP contribution >= 0.6 is 24.0 Å². The van der Waals surface area contributed by atoms with Gasteiger partial charge in [-0.1, -0.05) is 26.0 Å². The molecule has 0 aliphatic carbocycles. The fourth-order valence-electron chi connectivity index (χ4n) is 1.69. The molecule has 1 aromatic carbocycles. The fourth-order valence-corrected chi connectivity index (χ4v) is 1.69. The van der Waals surface area contributed by atoms with Gasteiger partial charge in [-0.05, 0) is 30.5 Å². The number of carbonyl (C=O) groups is 1. The SMILES string of the molecule is CCCNC(=O)CCN=C(N)Nc1cccc(CC)c1.I. The molecule has 0 saturated heterocycles. The van der Waals surface area contributed by atoms with Gasteiger partial charge in [0.25, 0.3) is 0 Å². The number of nitrogens with one attached hydrogen (secondary N) is 2. The molecule has 6 heteroatoms. The zero-order valence-corrected chi connectivity index (χ0v) is 15.0. The molecule has 5 nitrogen and oxygen atoms in total. The Bertz CT molecular complexity index is 463. The lowest BCUT2D eigenvalue weighted by Crippen LogP contribution is -2.26. The minimum atomic E-state index is 0. The number of hydrogen-bond acceptors (Lipinski definition) is 2. The number of guanidine groups is 1. The molecule has 0 aliphatic rings. The van der Waals surface area contributed by atoms with Gasteiger partial charge in [-0.25, -0.2) is 0 Å². The van der Waals surface area contributed by atoms with Crippen molar-refractivity contribution in [3.8, 4) is 0 Å². The molecule has 0 spiro atoms. The standard InChI is InChI=1S/C15H24N4O.HI/c1-3-9-17-14(20)8-10-18-15(16)19-13-7-5-6-12(4-2)11-13;/h5-7,11H,3-4,8-10H2,1-2H3,(H,17,20)(H3,16,18,19);1H. The van der Waals surface area contributed by atoms with Crippen LogP contribution in [0.15, 0.2) is 29.3 Å². The second kappa shape index (κ2) is 11.4. The molecule has 1 amide bonds. The highest BCUT2D eigenvalue weighted by atomic mass is 127. The Morgan fingerprint density at radius 2 is 2.10 bits per heavy atom. The van der Waals surface area contributed by atoms with E-state index >= 15 is 0 Å². The molecule has 0 aliphatic heterocycles. The van der Waals surface area contributed by atoms with Crippen LogP contribution in [0.5, 0.6) is 0 Å². The summed E-state index contributed by atoms with van der Waals surface area (Å²) in [5.41, 5.74) is 7.95. The summed E-state index contributed by atoms with van der Waals surface area (Å²) in [6, 6.07) is 8.02. The molecule has 21 heavy (non-hydrogen) atoms. The van der Waals surface area contributed by atoms with E-state index in [1.54, 1.807) is 0 Å². The van der Waals surface area contributed by atoms with Gasteiger partial charge in [0.2, 0.25) is 5.91 Å². The van der Waals surface area contributed by atoms with Crippen molar-refractivity contribution in [3.63, 3.8) is 0 Å². The quantitative estimate of drug-likeness (QED) is 0.371. The number of hydrogen-bond donors (Lipinski definition) is 3. The van der Waals surface area contributed by atoms with Crippen molar-refractivity contribution < 1.29 is 4.79 Å². The zero-order valence-electron chi connectivity index (χ0n) is 12.7. The Morgan fingerprint density at radius 1 is 1.33 bits per heavy atom. The number of anilines is 1. The van der Waals surface area contributed by atoms with Gasteiger partial charge < -0.3 is 16.4 Å². The Hall–Kier alpha value is -1.31. The molecular weight excluding hydrogens is 379 g/mol. The van der Waals surface area contributed by atoms with Crippen LogP contribution in [0.2, 0.25) is 0 Å². The molecular formula is C15H25IN4O. The Kier molecular flexibility index (Phi) is 10.7. The van der Waals surface area contributed by atoms with Crippen molar-refractivity contribution in [2.75, 3.05) is 18.4 Å². The third kappa shape index (κ3) is 8.54. The van der Waals surface area contributed by atoms with Crippen LogP contribution in [-0.4, -0.2) is 25.0 Å². The number of halogens is 1. The summed E-state index contributed by atoms with van der Waals surface area (Å²) in [5, 5.41) is 5.83. The first kappa shape index (κ1) is 19.7.